The fourth-order valence-electron chi connectivity index (χ4n) is 3.74. The number of carbonyl (C=O) groups excluding carboxylic acids is 1. The van der Waals surface area contributed by atoms with Crippen LogP contribution in [0.4, 0.5) is 13.2 Å². The van der Waals surface area contributed by atoms with Gasteiger partial charge in [-0.25, -0.2) is 9.48 Å². The van der Waals surface area contributed by atoms with E-state index in [-0.39, 0.29) is 5.69 Å². The number of halogens is 3. The van der Waals surface area contributed by atoms with Gasteiger partial charge in [0.2, 0.25) is 0 Å². The van der Waals surface area contributed by atoms with Crippen LogP contribution in [0.1, 0.15) is 55.7 Å². The van der Waals surface area contributed by atoms with Gasteiger partial charge in [0.25, 0.3) is 0 Å². The van der Waals surface area contributed by atoms with Gasteiger partial charge in [0.15, 0.2) is 11.8 Å². The Morgan fingerprint density at radius 3 is 2.43 bits per heavy atom. The van der Waals surface area contributed by atoms with Crippen molar-refractivity contribution < 1.29 is 22.7 Å². The van der Waals surface area contributed by atoms with E-state index in [9.17, 15) is 18.0 Å². The molecule has 2 aromatic rings. The summed E-state index contributed by atoms with van der Waals surface area (Å²) in [6, 6.07) is 10.8. The molecule has 0 spiro atoms. The van der Waals surface area contributed by atoms with Crippen molar-refractivity contribution in [2.45, 2.75) is 58.2 Å². The molecule has 0 saturated heterocycles. The Morgan fingerprint density at radius 1 is 1.21 bits per heavy atom. The van der Waals surface area contributed by atoms with Crippen LogP contribution in [-0.2, 0) is 11.2 Å². The summed E-state index contributed by atoms with van der Waals surface area (Å²) in [5, 5.41) is 4.27. The summed E-state index contributed by atoms with van der Waals surface area (Å²) in [5.74, 6) is -1.39. The molecule has 0 N–H and O–H groups in total. The van der Waals surface area contributed by atoms with E-state index in [0.29, 0.717) is 25.2 Å². The van der Waals surface area contributed by atoms with E-state index in [4.69, 9.17) is 4.74 Å². The fraction of sp³-hybridized carbons (Fsp3) is 0.524. The highest BCUT2D eigenvalue weighted by Crippen LogP contribution is 2.38. The maximum atomic E-state index is 13.5. The Hall–Kier alpha value is -2.31. The second kappa shape index (κ2) is 8.37. The van der Waals surface area contributed by atoms with Gasteiger partial charge in [0.05, 0.1) is 5.69 Å². The average molecular weight is 394 g/mol. The molecular weight excluding hydrogens is 369 g/mol. The van der Waals surface area contributed by atoms with Gasteiger partial charge >= 0.3 is 12.1 Å². The number of alkyl halides is 3. The highest BCUT2D eigenvalue weighted by atomic mass is 19.4. The summed E-state index contributed by atoms with van der Waals surface area (Å²) >= 11 is 0. The largest absolute Gasteiger partial charge is 0.448 e. The Bertz CT molecular complexity index is 794. The number of ether oxygens (including phenoxy) is 1. The van der Waals surface area contributed by atoms with Crippen LogP contribution < -0.4 is 0 Å². The van der Waals surface area contributed by atoms with Crippen molar-refractivity contribution in [3.05, 3.63) is 47.8 Å². The fourth-order valence-corrected chi connectivity index (χ4v) is 3.74. The van der Waals surface area contributed by atoms with Crippen molar-refractivity contribution in [3.63, 3.8) is 0 Å². The third-order valence-electron chi connectivity index (χ3n) is 5.00. The van der Waals surface area contributed by atoms with Gasteiger partial charge in [0, 0.05) is 11.6 Å². The summed E-state index contributed by atoms with van der Waals surface area (Å²) in [5.41, 5.74) is 1.42. The van der Waals surface area contributed by atoms with E-state index in [0.717, 1.165) is 24.2 Å². The predicted octanol–water partition coefficient (Wildman–Crippen LogP) is 5.35. The van der Waals surface area contributed by atoms with Crippen LogP contribution in [0.25, 0.3) is 5.69 Å². The highest BCUT2D eigenvalue weighted by molar-refractivity contribution is 5.87. The summed E-state index contributed by atoms with van der Waals surface area (Å²) in [7, 11) is 0. The molecule has 1 unspecified atom stereocenters. The van der Waals surface area contributed by atoms with E-state index in [1.807, 2.05) is 44.2 Å². The molecule has 0 bridgehead atoms. The minimum absolute atomic E-state index is 0.0910. The van der Waals surface area contributed by atoms with E-state index >= 15 is 0 Å². The molecule has 7 heteroatoms. The van der Waals surface area contributed by atoms with Gasteiger partial charge in [-0.3, -0.25) is 0 Å². The van der Waals surface area contributed by atoms with Crippen LogP contribution in [0, 0.1) is 11.8 Å². The normalized spacial score (nSPS) is 16.5. The predicted molar refractivity (Wildman–Crippen MR) is 99.3 cm³/mol. The molecule has 1 aromatic carbocycles. The zero-order chi connectivity index (χ0) is 20.3. The lowest BCUT2D eigenvalue weighted by atomic mass is 10.0. The molecular formula is C21H25F3N2O2. The van der Waals surface area contributed by atoms with Crippen LogP contribution in [-0.4, -0.2) is 28.0 Å². The zero-order valence-corrected chi connectivity index (χ0v) is 16.1. The summed E-state index contributed by atoms with van der Waals surface area (Å²) in [4.78, 5) is 12.5. The lowest BCUT2D eigenvalue weighted by Gasteiger charge is -2.25. The van der Waals surface area contributed by atoms with E-state index in [2.05, 4.69) is 5.10 Å². The number of hydrogen-bond acceptors (Lipinski definition) is 3. The number of benzene rings is 1. The highest BCUT2D eigenvalue weighted by Gasteiger charge is 2.48. The van der Waals surface area contributed by atoms with Crippen molar-refractivity contribution in [1.82, 2.24) is 9.78 Å². The summed E-state index contributed by atoms with van der Waals surface area (Å²) in [6.45, 7) is 4.06. The van der Waals surface area contributed by atoms with Crippen LogP contribution in [0.2, 0.25) is 0 Å². The van der Waals surface area contributed by atoms with Crippen molar-refractivity contribution in [2.75, 3.05) is 0 Å². The molecule has 1 aliphatic carbocycles. The maximum absolute atomic E-state index is 13.5. The number of esters is 1. The van der Waals surface area contributed by atoms with Crippen LogP contribution in [0.15, 0.2) is 36.4 Å². The maximum Gasteiger partial charge on any atom is 0.425 e. The Labute approximate surface area is 162 Å². The first-order chi connectivity index (χ1) is 13.3. The molecule has 0 aliphatic heterocycles. The van der Waals surface area contributed by atoms with Gasteiger partial charge in [-0.05, 0) is 43.4 Å². The monoisotopic (exact) mass is 394 g/mol. The standard InChI is InChI=1S/C21H25F3N2O2/c1-14(2)12-17-13-18(25-26(17)16-10-4-3-5-11-16)20(27)28-19(21(22,23)24)15-8-6-7-9-15/h3-5,10-11,13-15,19H,6-9,12H2,1-2H3. The first kappa shape index (κ1) is 20.4. The Balaban J connectivity index is 1.87. The molecule has 28 heavy (non-hydrogen) atoms. The first-order valence-electron chi connectivity index (χ1n) is 9.67. The van der Waals surface area contributed by atoms with Crippen LogP contribution in [0.5, 0.6) is 0 Å². The zero-order valence-electron chi connectivity index (χ0n) is 16.1. The second-order valence-corrected chi connectivity index (χ2v) is 7.78. The van der Waals surface area contributed by atoms with Gasteiger partial charge in [-0.15, -0.1) is 0 Å². The molecule has 3 rings (SSSR count). The SMILES string of the molecule is CC(C)Cc1cc(C(=O)OC(C2CCCC2)C(F)(F)F)nn1-c1ccccc1. The van der Waals surface area contributed by atoms with Crippen LogP contribution in [0.3, 0.4) is 0 Å². The number of carbonyl (C=O) groups is 1. The molecule has 0 radical (unpaired) electrons. The number of hydrogen-bond donors (Lipinski definition) is 0. The molecule has 0 amide bonds. The third kappa shape index (κ3) is 4.75. The molecule has 152 valence electrons. The molecule has 1 aromatic heterocycles. The van der Waals surface area contributed by atoms with Crippen molar-refractivity contribution in [3.8, 4) is 5.69 Å². The topological polar surface area (TPSA) is 44.1 Å². The Kier molecular flexibility index (Phi) is 6.10. The van der Waals surface area contributed by atoms with E-state index in [1.54, 1.807) is 4.68 Å². The molecule has 1 aliphatic rings. The third-order valence-corrected chi connectivity index (χ3v) is 5.00. The lowest BCUT2D eigenvalue weighted by molar-refractivity contribution is -0.219. The number of para-hydroxylation sites is 1. The minimum atomic E-state index is -4.58. The Morgan fingerprint density at radius 2 is 1.86 bits per heavy atom. The van der Waals surface area contributed by atoms with Gasteiger partial charge < -0.3 is 4.74 Å². The smallest absolute Gasteiger partial charge is 0.425 e. The van der Waals surface area contributed by atoms with Gasteiger partial charge in [-0.2, -0.15) is 18.3 Å². The summed E-state index contributed by atoms with van der Waals surface area (Å²) in [6.07, 6.45) is -3.69. The van der Waals surface area contributed by atoms with Crippen molar-refractivity contribution in [1.29, 1.82) is 0 Å². The molecule has 1 saturated carbocycles. The lowest BCUT2D eigenvalue weighted by Crippen LogP contribution is -2.39. The average Bonchev–Trinajstić information content (AvgIpc) is 3.28. The van der Waals surface area contributed by atoms with E-state index in [1.165, 1.54) is 6.07 Å². The molecule has 1 heterocycles. The number of nitrogens with zero attached hydrogens (tertiary/aromatic N) is 2. The first-order valence-corrected chi connectivity index (χ1v) is 9.67. The number of aromatic nitrogens is 2. The van der Waals surface area contributed by atoms with Gasteiger partial charge in [0.1, 0.15) is 0 Å². The summed E-state index contributed by atoms with van der Waals surface area (Å²) < 4.78 is 47.0. The van der Waals surface area contributed by atoms with Gasteiger partial charge in [-0.1, -0.05) is 44.9 Å². The van der Waals surface area contributed by atoms with Crippen LogP contribution >= 0.6 is 0 Å². The molecule has 1 atom stereocenters. The number of rotatable bonds is 6. The second-order valence-electron chi connectivity index (χ2n) is 7.78. The van der Waals surface area contributed by atoms with Crippen molar-refractivity contribution >= 4 is 5.97 Å². The minimum Gasteiger partial charge on any atom is -0.448 e. The van der Waals surface area contributed by atoms with Crippen molar-refractivity contribution in [2.24, 2.45) is 11.8 Å². The molecule has 1 fully saturated rings. The molecule has 4 nitrogen and oxygen atoms in total. The quantitative estimate of drug-likeness (QED) is 0.621. The van der Waals surface area contributed by atoms with E-state index < -0.39 is 24.2 Å².